The lowest BCUT2D eigenvalue weighted by Gasteiger charge is -2.44. The summed E-state index contributed by atoms with van der Waals surface area (Å²) >= 11 is 0. The fourth-order valence-corrected chi connectivity index (χ4v) is 3.96. The van der Waals surface area contributed by atoms with Crippen molar-refractivity contribution in [2.45, 2.75) is 71.4 Å². The van der Waals surface area contributed by atoms with Crippen LogP contribution in [0.3, 0.4) is 0 Å². The predicted molar refractivity (Wildman–Crippen MR) is 78.9 cm³/mol. The molecular weight excluding hydrogens is 220 g/mol. The molecule has 18 heavy (non-hydrogen) atoms. The van der Waals surface area contributed by atoms with Crippen LogP contribution in [0.4, 0.5) is 0 Å². The number of rotatable bonds is 4. The standard InChI is InChI=1S/C16H32N2/c1-4-16(14-8-6-5-7-9-14)18-11-10-17-15(12-18)13(2)3/h13-17H,4-12H2,1-3H3. The Morgan fingerprint density at radius 2 is 1.89 bits per heavy atom. The number of piperazine rings is 1. The van der Waals surface area contributed by atoms with Crippen molar-refractivity contribution in [1.82, 2.24) is 10.2 Å². The Kier molecular flexibility index (Phi) is 5.50. The van der Waals surface area contributed by atoms with Crippen LogP contribution in [0.1, 0.15) is 59.3 Å². The molecule has 0 aromatic rings. The van der Waals surface area contributed by atoms with Gasteiger partial charge in [0.05, 0.1) is 0 Å². The van der Waals surface area contributed by atoms with E-state index in [1.807, 2.05) is 0 Å². The first-order valence-electron chi connectivity index (χ1n) is 8.19. The van der Waals surface area contributed by atoms with Gasteiger partial charge in [-0.3, -0.25) is 4.90 Å². The highest BCUT2D eigenvalue weighted by Gasteiger charge is 2.31. The first-order valence-corrected chi connectivity index (χ1v) is 8.19. The van der Waals surface area contributed by atoms with Crippen LogP contribution in [0.25, 0.3) is 0 Å². The van der Waals surface area contributed by atoms with Crippen LogP contribution < -0.4 is 5.32 Å². The van der Waals surface area contributed by atoms with E-state index in [0.29, 0.717) is 6.04 Å². The number of hydrogen-bond donors (Lipinski definition) is 1. The van der Waals surface area contributed by atoms with Crippen LogP contribution >= 0.6 is 0 Å². The predicted octanol–water partition coefficient (Wildman–Crippen LogP) is 3.28. The molecule has 1 aliphatic heterocycles. The minimum atomic E-state index is 0.705. The second-order valence-corrected chi connectivity index (χ2v) is 6.67. The van der Waals surface area contributed by atoms with E-state index in [-0.39, 0.29) is 0 Å². The lowest BCUT2D eigenvalue weighted by atomic mass is 9.81. The van der Waals surface area contributed by atoms with E-state index in [9.17, 15) is 0 Å². The molecule has 2 nitrogen and oxygen atoms in total. The maximum absolute atomic E-state index is 3.69. The van der Waals surface area contributed by atoms with Crippen molar-refractivity contribution < 1.29 is 0 Å². The average Bonchev–Trinajstić information content (AvgIpc) is 2.41. The molecule has 0 radical (unpaired) electrons. The van der Waals surface area contributed by atoms with Crippen molar-refractivity contribution in [1.29, 1.82) is 0 Å². The molecule has 0 aromatic carbocycles. The Hall–Kier alpha value is -0.0800. The van der Waals surface area contributed by atoms with Crippen molar-refractivity contribution in [2.75, 3.05) is 19.6 Å². The van der Waals surface area contributed by atoms with Crippen molar-refractivity contribution in [2.24, 2.45) is 11.8 Å². The zero-order chi connectivity index (χ0) is 13.0. The minimum absolute atomic E-state index is 0.705. The van der Waals surface area contributed by atoms with Gasteiger partial charge in [-0.15, -0.1) is 0 Å². The zero-order valence-electron chi connectivity index (χ0n) is 12.6. The minimum Gasteiger partial charge on any atom is -0.311 e. The largest absolute Gasteiger partial charge is 0.311 e. The average molecular weight is 252 g/mol. The van der Waals surface area contributed by atoms with E-state index >= 15 is 0 Å². The lowest BCUT2D eigenvalue weighted by molar-refractivity contribution is 0.0735. The molecule has 0 spiro atoms. The maximum Gasteiger partial charge on any atom is 0.0218 e. The third kappa shape index (κ3) is 3.48. The second-order valence-electron chi connectivity index (χ2n) is 6.67. The maximum atomic E-state index is 3.69. The first kappa shape index (κ1) is 14.3. The van der Waals surface area contributed by atoms with Gasteiger partial charge in [0.25, 0.3) is 0 Å². The molecule has 1 aliphatic carbocycles. The highest BCUT2D eigenvalue weighted by Crippen LogP contribution is 2.31. The molecular formula is C16H32N2. The Morgan fingerprint density at radius 3 is 2.50 bits per heavy atom. The lowest BCUT2D eigenvalue weighted by Crippen LogP contribution is -2.57. The van der Waals surface area contributed by atoms with Crippen LogP contribution in [0.5, 0.6) is 0 Å². The zero-order valence-corrected chi connectivity index (χ0v) is 12.6. The van der Waals surface area contributed by atoms with Crippen molar-refractivity contribution in [3.8, 4) is 0 Å². The molecule has 1 heterocycles. The summed E-state index contributed by atoms with van der Waals surface area (Å²) in [6, 6.07) is 1.56. The van der Waals surface area contributed by atoms with Gasteiger partial charge in [-0.25, -0.2) is 0 Å². The molecule has 1 saturated carbocycles. The van der Waals surface area contributed by atoms with Gasteiger partial charge in [0.2, 0.25) is 0 Å². The highest BCUT2D eigenvalue weighted by molar-refractivity contribution is 4.88. The van der Waals surface area contributed by atoms with Crippen molar-refractivity contribution >= 4 is 0 Å². The molecule has 0 bridgehead atoms. The number of nitrogens with one attached hydrogen (secondary N) is 1. The van der Waals surface area contributed by atoms with Crippen LogP contribution in [-0.4, -0.2) is 36.6 Å². The molecule has 2 rings (SSSR count). The van der Waals surface area contributed by atoms with E-state index in [1.165, 1.54) is 58.2 Å². The van der Waals surface area contributed by atoms with Crippen LogP contribution in [-0.2, 0) is 0 Å². The first-order chi connectivity index (χ1) is 8.72. The van der Waals surface area contributed by atoms with Crippen LogP contribution in [0.2, 0.25) is 0 Å². The van der Waals surface area contributed by atoms with Gasteiger partial charge >= 0.3 is 0 Å². The topological polar surface area (TPSA) is 15.3 Å². The summed E-state index contributed by atoms with van der Waals surface area (Å²) in [6.45, 7) is 10.8. The van der Waals surface area contributed by atoms with Crippen LogP contribution in [0.15, 0.2) is 0 Å². The molecule has 0 amide bonds. The molecule has 2 unspecified atom stereocenters. The number of hydrogen-bond acceptors (Lipinski definition) is 2. The van der Waals surface area contributed by atoms with E-state index in [0.717, 1.165) is 17.9 Å². The van der Waals surface area contributed by atoms with Gasteiger partial charge in [-0.1, -0.05) is 40.0 Å². The SMILES string of the molecule is CCC(C1CCCCC1)N1CCNC(C(C)C)C1. The monoisotopic (exact) mass is 252 g/mol. The summed E-state index contributed by atoms with van der Waals surface area (Å²) in [5, 5.41) is 3.69. The van der Waals surface area contributed by atoms with Gasteiger partial charge in [0.15, 0.2) is 0 Å². The summed E-state index contributed by atoms with van der Waals surface area (Å²) in [7, 11) is 0. The Bertz CT molecular complexity index is 233. The van der Waals surface area contributed by atoms with Crippen molar-refractivity contribution in [3.63, 3.8) is 0 Å². The summed E-state index contributed by atoms with van der Waals surface area (Å²) in [5.74, 6) is 1.74. The summed E-state index contributed by atoms with van der Waals surface area (Å²) < 4.78 is 0. The summed E-state index contributed by atoms with van der Waals surface area (Å²) in [5.41, 5.74) is 0. The Morgan fingerprint density at radius 1 is 1.17 bits per heavy atom. The fraction of sp³-hybridized carbons (Fsp3) is 1.00. The van der Waals surface area contributed by atoms with Gasteiger partial charge in [0, 0.05) is 31.7 Å². The fourth-order valence-electron chi connectivity index (χ4n) is 3.96. The Labute approximate surface area is 114 Å². The smallest absolute Gasteiger partial charge is 0.0218 e. The molecule has 2 atom stereocenters. The molecule has 1 N–H and O–H groups in total. The summed E-state index contributed by atoms with van der Waals surface area (Å²) in [4.78, 5) is 2.80. The summed E-state index contributed by atoms with van der Waals surface area (Å²) in [6.07, 6.45) is 8.73. The van der Waals surface area contributed by atoms with E-state index in [1.54, 1.807) is 0 Å². The molecule has 2 aliphatic rings. The third-order valence-corrected chi connectivity index (χ3v) is 5.12. The quantitative estimate of drug-likeness (QED) is 0.826. The van der Waals surface area contributed by atoms with E-state index in [4.69, 9.17) is 0 Å². The van der Waals surface area contributed by atoms with Gasteiger partial charge in [-0.05, 0) is 31.1 Å². The third-order valence-electron chi connectivity index (χ3n) is 5.12. The van der Waals surface area contributed by atoms with Crippen LogP contribution in [0, 0.1) is 11.8 Å². The van der Waals surface area contributed by atoms with Gasteiger partial charge < -0.3 is 5.32 Å². The second kappa shape index (κ2) is 6.91. The molecule has 0 aromatic heterocycles. The van der Waals surface area contributed by atoms with Gasteiger partial charge in [0.1, 0.15) is 0 Å². The van der Waals surface area contributed by atoms with E-state index in [2.05, 4.69) is 31.0 Å². The van der Waals surface area contributed by atoms with Gasteiger partial charge in [-0.2, -0.15) is 0 Å². The molecule has 106 valence electrons. The molecule has 2 heteroatoms. The number of nitrogens with zero attached hydrogens (tertiary/aromatic N) is 1. The Balaban J connectivity index is 1.93. The molecule has 1 saturated heterocycles. The molecule has 2 fully saturated rings. The van der Waals surface area contributed by atoms with Crippen molar-refractivity contribution in [3.05, 3.63) is 0 Å². The van der Waals surface area contributed by atoms with E-state index < -0.39 is 0 Å². The normalized spacial score (nSPS) is 29.7. The highest BCUT2D eigenvalue weighted by atomic mass is 15.2.